The molecule has 0 atom stereocenters. The van der Waals surface area contributed by atoms with E-state index in [0.29, 0.717) is 17.5 Å². The lowest BCUT2D eigenvalue weighted by molar-refractivity contribution is 0.0979. The number of carbonyl (C=O) groups excluding carboxylic acids is 1. The number of hydrogen-bond donors (Lipinski definition) is 1. The van der Waals surface area contributed by atoms with Crippen molar-refractivity contribution in [1.82, 2.24) is 4.98 Å². The van der Waals surface area contributed by atoms with Crippen molar-refractivity contribution in [2.75, 3.05) is 0 Å². The number of ketones is 1. The van der Waals surface area contributed by atoms with E-state index in [4.69, 9.17) is 11.6 Å². The highest BCUT2D eigenvalue weighted by molar-refractivity contribution is 6.30. The second-order valence-corrected chi connectivity index (χ2v) is 5.49. The maximum atomic E-state index is 13.1. The zero-order chi connectivity index (χ0) is 15.7. The molecule has 0 aliphatic heterocycles. The third-order valence-electron chi connectivity index (χ3n) is 3.51. The standard InChI is InChI=1S/C17H12ClF2NO/c18-13-7-10(1-4-14(13)20)2-6-17(22)16-9-11-8-12(19)3-5-15(11)21-16/h1,3-5,7-9,21H,2,6H2. The largest absolute Gasteiger partial charge is 0.352 e. The first-order chi connectivity index (χ1) is 10.5. The molecule has 0 aliphatic rings. The van der Waals surface area contributed by atoms with E-state index >= 15 is 0 Å². The number of fused-ring (bicyclic) bond motifs is 1. The third kappa shape index (κ3) is 3.02. The molecule has 5 heteroatoms. The van der Waals surface area contributed by atoms with Crippen molar-refractivity contribution in [3.8, 4) is 0 Å². The number of hydrogen-bond acceptors (Lipinski definition) is 1. The summed E-state index contributed by atoms with van der Waals surface area (Å²) in [4.78, 5) is 15.2. The first kappa shape index (κ1) is 14.7. The summed E-state index contributed by atoms with van der Waals surface area (Å²) < 4.78 is 26.2. The number of rotatable bonds is 4. The number of aryl methyl sites for hydroxylation is 1. The monoisotopic (exact) mass is 319 g/mol. The third-order valence-corrected chi connectivity index (χ3v) is 3.80. The van der Waals surface area contributed by atoms with Crippen LogP contribution in [0.15, 0.2) is 42.5 Å². The lowest BCUT2D eigenvalue weighted by Crippen LogP contribution is -2.01. The molecule has 0 unspecified atom stereocenters. The van der Waals surface area contributed by atoms with Gasteiger partial charge in [-0.1, -0.05) is 17.7 Å². The van der Waals surface area contributed by atoms with Crippen molar-refractivity contribution in [2.45, 2.75) is 12.8 Å². The molecule has 112 valence electrons. The molecular weight excluding hydrogens is 308 g/mol. The minimum atomic E-state index is -0.477. The summed E-state index contributed by atoms with van der Waals surface area (Å²) in [6.45, 7) is 0. The SMILES string of the molecule is O=C(CCc1ccc(F)c(Cl)c1)c1cc2cc(F)ccc2[nH]1. The van der Waals surface area contributed by atoms with Gasteiger partial charge in [0.05, 0.1) is 10.7 Å². The average Bonchev–Trinajstić information content (AvgIpc) is 2.91. The van der Waals surface area contributed by atoms with Crippen LogP contribution in [0.25, 0.3) is 10.9 Å². The molecule has 0 bridgehead atoms. The van der Waals surface area contributed by atoms with E-state index < -0.39 is 5.82 Å². The van der Waals surface area contributed by atoms with Gasteiger partial charge in [0.15, 0.2) is 5.78 Å². The number of H-pyrrole nitrogens is 1. The van der Waals surface area contributed by atoms with E-state index in [9.17, 15) is 13.6 Å². The highest BCUT2D eigenvalue weighted by Gasteiger charge is 2.11. The second-order valence-electron chi connectivity index (χ2n) is 5.09. The van der Waals surface area contributed by atoms with E-state index in [1.54, 1.807) is 18.2 Å². The molecule has 1 heterocycles. The molecule has 0 aliphatic carbocycles. The highest BCUT2D eigenvalue weighted by atomic mass is 35.5. The number of halogens is 3. The van der Waals surface area contributed by atoms with Crippen LogP contribution in [0.3, 0.4) is 0 Å². The van der Waals surface area contributed by atoms with Crippen LogP contribution in [0.5, 0.6) is 0 Å². The summed E-state index contributed by atoms with van der Waals surface area (Å²) >= 11 is 5.71. The van der Waals surface area contributed by atoms with Crippen LogP contribution in [-0.2, 0) is 6.42 Å². The average molecular weight is 320 g/mol. The first-order valence-electron chi connectivity index (χ1n) is 6.78. The number of benzene rings is 2. The van der Waals surface area contributed by atoms with E-state index in [-0.39, 0.29) is 23.0 Å². The normalized spacial score (nSPS) is 11.0. The van der Waals surface area contributed by atoms with Crippen molar-refractivity contribution in [2.24, 2.45) is 0 Å². The number of nitrogens with one attached hydrogen (secondary N) is 1. The smallest absolute Gasteiger partial charge is 0.179 e. The molecule has 0 spiro atoms. The van der Waals surface area contributed by atoms with Gasteiger partial charge in [-0.15, -0.1) is 0 Å². The van der Waals surface area contributed by atoms with Crippen LogP contribution in [0.2, 0.25) is 5.02 Å². The van der Waals surface area contributed by atoms with Crippen LogP contribution in [0.4, 0.5) is 8.78 Å². The molecular formula is C17H12ClF2NO. The Kier molecular flexibility index (Phi) is 3.94. The molecule has 0 amide bonds. The van der Waals surface area contributed by atoms with Gasteiger partial charge in [-0.3, -0.25) is 4.79 Å². The van der Waals surface area contributed by atoms with Gasteiger partial charge in [-0.2, -0.15) is 0 Å². The van der Waals surface area contributed by atoms with E-state index in [1.807, 2.05) is 0 Å². The van der Waals surface area contributed by atoms with Crippen LogP contribution < -0.4 is 0 Å². The topological polar surface area (TPSA) is 32.9 Å². The van der Waals surface area contributed by atoms with E-state index in [0.717, 1.165) is 11.1 Å². The zero-order valence-electron chi connectivity index (χ0n) is 11.5. The van der Waals surface area contributed by atoms with Crippen molar-refractivity contribution in [3.05, 3.63) is 70.4 Å². The zero-order valence-corrected chi connectivity index (χ0v) is 12.3. The van der Waals surface area contributed by atoms with Crippen molar-refractivity contribution >= 4 is 28.3 Å². The maximum absolute atomic E-state index is 13.1. The summed E-state index contributed by atoms with van der Waals surface area (Å²) in [7, 11) is 0. The van der Waals surface area contributed by atoms with Crippen molar-refractivity contribution in [3.63, 3.8) is 0 Å². The number of aromatic nitrogens is 1. The number of Topliss-reactive ketones (excluding diaryl/α,β-unsaturated/α-hetero) is 1. The van der Waals surface area contributed by atoms with E-state index in [1.165, 1.54) is 24.3 Å². The lowest BCUT2D eigenvalue weighted by atomic mass is 10.1. The molecule has 0 radical (unpaired) electrons. The Labute approximate surface area is 130 Å². The summed E-state index contributed by atoms with van der Waals surface area (Å²) in [6, 6.07) is 10.4. The molecule has 1 N–H and O–H groups in total. The van der Waals surface area contributed by atoms with Crippen LogP contribution >= 0.6 is 11.6 Å². The van der Waals surface area contributed by atoms with E-state index in [2.05, 4.69) is 4.98 Å². The second kappa shape index (κ2) is 5.89. The number of aromatic amines is 1. The van der Waals surface area contributed by atoms with Gasteiger partial charge in [0.25, 0.3) is 0 Å². The number of carbonyl (C=O) groups is 1. The summed E-state index contributed by atoms with van der Waals surface area (Å²) in [5, 5.41) is 0.708. The van der Waals surface area contributed by atoms with Crippen LogP contribution in [0.1, 0.15) is 22.5 Å². The minimum absolute atomic E-state index is 0.0473. The lowest BCUT2D eigenvalue weighted by Gasteiger charge is -2.02. The molecule has 0 saturated heterocycles. The van der Waals surface area contributed by atoms with Crippen molar-refractivity contribution in [1.29, 1.82) is 0 Å². The molecule has 0 fully saturated rings. The van der Waals surface area contributed by atoms with Gasteiger partial charge in [0.1, 0.15) is 11.6 Å². The molecule has 1 aromatic heterocycles. The van der Waals surface area contributed by atoms with Gasteiger partial charge in [-0.25, -0.2) is 8.78 Å². The van der Waals surface area contributed by atoms with Crippen LogP contribution in [-0.4, -0.2) is 10.8 Å². The minimum Gasteiger partial charge on any atom is -0.352 e. The Balaban J connectivity index is 1.74. The molecule has 22 heavy (non-hydrogen) atoms. The fourth-order valence-electron chi connectivity index (χ4n) is 2.34. The quantitative estimate of drug-likeness (QED) is 0.681. The van der Waals surface area contributed by atoms with Crippen molar-refractivity contribution < 1.29 is 13.6 Å². The Morgan fingerprint density at radius 3 is 2.68 bits per heavy atom. The Morgan fingerprint density at radius 2 is 1.91 bits per heavy atom. The molecule has 0 saturated carbocycles. The fraction of sp³-hybridized carbons (Fsp3) is 0.118. The van der Waals surface area contributed by atoms with Gasteiger partial charge in [0, 0.05) is 17.3 Å². The van der Waals surface area contributed by atoms with Gasteiger partial charge in [-0.05, 0) is 48.4 Å². The fourth-order valence-corrected chi connectivity index (χ4v) is 2.54. The Hall–Kier alpha value is -2.20. The van der Waals surface area contributed by atoms with Gasteiger partial charge >= 0.3 is 0 Å². The Morgan fingerprint density at radius 1 is 1.09 bits per heavy atom. The predicted octanol–water partition coefficient (Wildman–Crippen LogP) is 4.92. The molecule has 3 rings (SSSR count). The summed E-state index contributed by atoms with van der Waals surface area (Å²) in [5.41, 5.74) is 1.95. The molecule has 2 aromatic carbocycles. The highest BCUT2D eigenvalue weighted by Crippen LogP contribution is 2.20. The van der Waals surface area contributed by atoms with Gasteiger partial charge < -0.3 is 4.98 Å². The Bertz CT molecular complexity index is 857. The molecule has 2 nitrogen and oxygen atoms in total. The first-order valence-corrected chi connectivity index (χ1v) is 7.16. The maximum Gasteiger partial charge on any atom is 0.179 e. The summed E-state index contributed by atoms with van der Waals surface area (Å²) in [5.74, 6) is -0.905. The molecule has 3 aromatic rings. The van der Waals surface area contributed by atoms with Gasteiger partial charge in [0.2, 0.25) is 0 Å². The summed E-state index contributed by atoms with van der Waals surface area (Å²) in [6.07, 6.45) is 0.722. The van der Waals surface area contributed by atoms with Crippen LogP contribution in [0, 0.1) is 11.6 Å². The predicted molar refractivity (Wildman–Crippen MR) is 82.3 cm³/mol.